The fourth-order valence-corrected chi connectivity index (χ4v) is 3.02. The zero-order chi connectivity index (χ0) is 20.1. The number of fused-ring (bicyclic) bond motifs is 1. The molecule has 0 aliphatic carbocycles. The van der Waals surface area contributed by atoms with Crippen molar-refractivity contribution in [1.82, 2.24) is 9.66 Å². The molecule has 0 aliphatic heterocycles. The van der Waals surface area contributed by atoms with Gasteiger partial charge in [-0.25, -0.2) is 4.98 Å². The molecule has 4 rings (SSSR count). The number of allylic oxidation sites excluding steroid dienone is 1. The first-order chi connectivity index (χ1) is 14.2. The number of nitrogens with one attached hydrogen (secondary N) is 1. The van der Waals surface area contributed by atoms with Crippen LogP contribution >= 0.6 is 11.6 Å². The van der Waals surface area contributed by atoms with Crippen molar-refractivity contribution >= 4 is 46.4 Å². The van der Waals surface area contributed by atoms with Gasteiger partial charge in [0.15, 0.2) is 0 Å². The third-order valence-electron chi connectivity index (χ3n) is 4.19. The SMILES string of the molecule is O=c1c2ccccc2nc(Nc2cccc(Cl)c2)n1/N=C/C=C/c1ccccc1. The van der Waals surface area contributed by atoms with Gasteiger partial charge in [0.1, 0.15) is 0 Å². The first-order valence-electron chi connectivity index (χ1n) is 9.01. The molecule has 0 spiro atoms. The van der Waals surface area contributed by atoms with Gasteiger partial charge in [-0.1, -0.05) is 66.2 Å². The van der Waals surface area contributed by atoms with Crippen LogP contribution in [0.15, 0.2) is 94.8 Å². The largest absolute Gasteiger partial charge is 0.324 e. The summed E-state index contributed by atoms with van der Waals surface area (Å²) >= 11 is 6.07. The molecule has 0 fully saturated rings. The number of para-hydroxylation sites is 1. The van der Waals surface area contributed by atoms with Gasteiger partial charge in [-0.05, 0) is 42.0 Å². The minimum atomic E-state index is -0.260. The maximum atomic E-state index is 13.0. The highest BCUT2D eigenvalue weighted by molar-refractivity contribution is 6.30. The first-order valence-corrected chi connectivity index (χ1v) is 9.39. The summed E-state index contributed by atoms with van der Waals surface area (Å²) in [5.74, 6) is 0.306. The number of benzene rings is 3. The Balaban J connectivity index is 1.74. The summed E-state index contributed by atoms with van der Waals surface area (Å²) < 4.78 is 1.25. The summed E-state index contributed by atoms with van der Waals surface area (Å²) in [6.45, 7) is 0. The van der Waals surface area contributed by atoms with E-state index in [1.165, 1.54) is 4.68 Å². The first kappa shape index (κ1) is 18.7. The fourth-order valence-electron chi connectivity index (χ4n) is 2.83. The number of hydrogen-bond acceptors (Lipinski definition) is 4. The third kappa shape index (κ3) is 4.42. The van der Waals surface area contributed by atoms with Crippen molar-refractivity contribution in [3.63, 3.8) is 0 Å². The average Bonchev–Trinajstić information content (AvgIpc) is 2.74. The van der Waals surface area contributed by atoms with Crippen LogP contribution in [-0.4, -0.2) is 15.9 Å². The highest BCUT2D eigenvalue weighted by Gasteiger charge is 2.10. The second-order valence-corrected chi connectivity index (χ2v) is 6.68. The second-order valence-electron chi connectivity index (χ2n) is 6.24. The lowest BCUT2D eigenvalue weighted by Gasteiger charge is -2.11. The standard InChI is InChI=1S/C23H17ClN4O/c24-18-11-6-12-19(16-18)26-23-27-21-14-5-4-13-20(21)22(29)28(23)25-15-7-10-17-8-2-1-3-9-17/h1-16H,(H,26,27)/b10-7+,25-15+. The van der Waals surface area contributed by atoms with Gasteiger partial charge in [-0.3, -0.25) is 4.79 Å². The summed E-state index contributed by atoms with van der Waals surface area (Å²) in [5.41, 5.74) is 2.08. The normalized spacial score (nSPS) is 11.5. The molecule has 142 valence electrons. The molecule has 0 radical (unpaired) electrons. The Hall–Kier alpha value is -3.70. The van der Waals surface area contributed by atoms with Gasteiger partial charge in [0.2, 0.25) is 5.95 Å². The van der Waals surface area contributed by atoms with E-state index in [4.69, 9.17) is 11.6 Å². The molecule has 1 heterocycles. The van der Waals surface area contributed by atoms with E-state index in [1.54, 1.807) is 42.6 Å². The van der Waals surface area contributed by atoms with Crippen LogP contribution < -0.4 is 10.9 Å². The van der Waals surface area contributed by atoms with Crippen molar-refractivity contribution in [3.05, 3.63) is 106 Å². The monoisotopic (exact) mass is 400 g/mol. The molecule has 0 saturated carbocycles. The van der Waals surface area contributed by atoms with Crippen molar-refractivity contribution in [3.8, 4) is 0 Å². The molecule has 1 N–H and O–H groups in total. The summed E-state index contributed by atoms with van der Waals surface area (Å²) in [4.78, 5) is 17.6. The van der Waals surface area contributed by atoms with Crippen LogP contribution in [-0.2, 0) is 0 Å². The zero-order valence-electron chi connectivity index (χ0n) is 15.4. The van der Waals surface area contributed by atoms with E-state index in [1.807, 2.05) is 54.6 Å². The Morgan fingerprint density at radius 2 is 1.76 bits per heavy atom. The molecule has 4 aromatic rings. The number of hydrogen-bond donors (Lipinski definition) is 1. The Labute approximate surface area is 172 Å². The quantitative estimate of drug-likeness (QED) is 0.460. The van der Waals surface area contributed by atoms with E-state index in [-0.39, 0.29) is 5.56 Å². The van der Waals surface area contributed by atoms with Crippen LogP contribution in [0.2, 0.25) is 5.02 Å². The van der Waals surface area contributed by atoms with Crippen molar-refractivity contribution in [2.24, 2.45) is 5.10 Å². The van der Waals surface area contributed by atoms with Crippen molar-refractivity contribution in [2.45, 2.75) is 0 Å². The fraction of sp³-hybridized carbons (Fsp3) is 0. The second kappa shape index (κ2) is 8.54. The highest BCUT2D eigenvalue weighted by Crippen LogP contribution is 2.20. The number of anilines is 2. The van der Waals surface area contributed by atoms with Gasteiger partial charge in [-0.15, -0.1) is 0 Å². The average molecular weight is 401 g/mol. The molecule has 6 heteroatoms. The van der Waals surface area contributed by atoms with E-state index >= 15 is 0 Å². The Morgan fingerprint density at radius 3 is 2.59 bits per heavy atom. The third-order valence-corrected chi connectivity index (χ3v) is 4.43. The lowest BCUT2D eigenvalue weighted by atomic mass is 10.2. The zero-order valence-corrected chi connectivity index (χ0v) is 16.1. The molecular weight excluding hydrogens is 384 g/mol. The van der Waals surface area contributed by atoms with Crippen LogP contribution in [0.3, 0.4) is 0 Å². The van der Waals surface area contributed by atoms with Crippen molar-refractivity contribution in [2.75, 3.05) is 5.32 Å². The lowest BCUT2D eigenvalue weighted by Crippen LogP contribution is -2.21. The van der Waals surface area contributed by atoms with Gasteiger partial charge < -0.3 is 5.32 Å². The van der Waals surface area contributed by atoms with Gasteiger partial charge in [0, 0.05) is 16.9 Å². The number of aromatic nitrogens is 2. The smallest absolute Gasteiger partial charge is 0.283 e. The minimum Gasteiger partial charge on any atom is -0.324 e. The molecule has 0 bridgehead atoms. The number of nitrogens with zero attached hydrogens (tertiary/aromatic N) is 3. The van der Waals surface area contributed by atoms with Crippen LogP contribution in [0.4, 0.5) is 11.6 Å². The van der Waals surface area contributed by atoms with Crippen LogP contribution in [0.5, 0.6) is 0 Å². The Kier molecular flexibility index (Phi) is 5.49. The predicted octanol–water partition coefficient (Wildman–Crippen LogP) is 5.34. The molecule has 0 amide bonds. The van der Waals surface area contributed by atoms with Crippen LogP contribution in [0.25, 0.3) is 17.0 Å². The lowest BCUT2D eigenvalue weighted by molar-refractivity contribution is 0.831. The maximum absolute atomic E-state index is 13.0. The van der Waals surface area contributed by atoms with E-state index < -0.39 is 0 Å². The van der Waals surface area contributed by atoms with E-state index in [2.05, 4.69) is 15.4 Å². The minimum absolute atomic E-state index is 0.260. The predicted molar refractivity (Wildman–Crippen MR) is 120 cm³/mol. The highest BCUT2D eigenvalue weighted by atomic mass is 35.5. The van der Waals surface area contributed by atoms with Crippen LogP contribution in [0.1, 0.15) is 5.56 Å². The molecule has 5 nitrogen and oxygen atoms in total. The number of rotatable bonds is 5. The summed E-state index contributed by atoms with van der Waals surface area (Å²) in [7, 11) is 0. The number of halogens is 1. The molecule has 29 heavy (non-hydrogen) atoms. The van der Waals surface area contributed by atoms with E-state index in [0.717, 1.165) is 5.56 Å². The molecule has 0 saturated heterocycles. The topological polar surface area (TPSA) is 59.3 Å². The summed E-state index contributed by atoms with van der Waals surface area (Å²) in [5, 5.41) is 8.53. The Bertz CT molecular complexity index is 1260. The molecule has 3 aromatic carbocycles. The van der Waals surface area contributed by atoms with Gasteiger partial charge in [-0.2, -0.15) is 9.78 Å². The van der Waals surface area contributed by atoms with Gasteiger partial charge in [0.05, 0.1) is 10.9 Å². The summed E-state index contributed by atoms with van der Waals surface area (Å²) in [6.07, 6.45) is 5.25. The molecule has 0 atom stereocenters. The van der Waals surface area contributed by atoms with Crippen molar-refractivity contribution in [1.29, 1.82) is 0 Å². The maximum Gasteiger partial charge on any atom is 0.283 e. The van der Waals surface area contributed by atoms with Gasteiger partial charge in [0.25, 0.3) is 5.56 Å². The van der Waals surface area contributed by atoms with E-state index in [9.17, 15) is 4.79 Å². The molecule has 1 aromatic heterocycles. The molecule has 0 aliphatic rings. The summed E-state index contributed by atoms with van der Waals surface area (Å²) in [6, 6.07) is 24.2. The van der Waals surface area contributed by atoms with E-state index in [0.29, 0.717) is 27.6 Å². The van der Waals surface area contributed by atoms with Crippen molar-refractivity contribution < 1.29 is 0 Å². The van der Waals surface area contributed by atoms with Gasteiger partial charge >= 0.3 is 0 Å². The van der Waals surface area contributed by atoms with Crippen LogP contribution in [0, 0.1) is 0 Å². The molecule has 0 unspecified atom stereocenters. The molecular formula is C23H17ClN4O. The Morgan fingerprint density at radius 1 is 0.966 bits per heavy atom.